The fourth-order valence-corrected chi connectivity index (χ4v) is 3.44. The van der Waals surface area contributed by atoms with Gasteiger partial charge in [0.15, 0.2) is 0 Å². The van der Waals surface area contributed by atoms with Crippen molar-refractivity contribution >= 4 is 11.8 Å². The average molecular weight is 366 g/mol. The molecular weight excluding hydrogens is 334 g/mol. The van der Waals surface area contributed by atoms with Gasteiger partial charge in [-0.1, -0.05) is 51.9 Å². The quantitative estimate of drug-likeness (QED) is 0.401. The van der Waals surface area contributed by atoms with Crippen LogP contribution in [0.1, 0.15) is 75.4 Å². The second-order valence-corrected chi connectivity index (χ2v) is 7.30. The molecular formula is C23H31N3O. The summed E-state index contributed by atoms with van der Waals surface area (Å²) in [7, 11) is 0. The molecule has 0 fully saturated rings. The molecule has 0 saturated heterocycles. The van der Waals surface area contributed by atoms with Crippen LogP contribution in [0.15, 0.2) is 53.0 Å². The van der Waals surface area contributed by atoms with E-state index in [0.717, 1.165) is 23.5 Å². The molecule has 0 unspecified atom stereocenters. The molecule has 3 heterocycles. The molecule has 3 rings (SSSR count). The van der Waals surface area contributed by atoms with Crippen LogP contribution >= 0.6 is 0 Å². The highest BCUT2D eigenvalue weighted by Crippen LogP contribution is 2.22. The fourth-order valence-electron chi connectivity index (χ4n) is 3.44. The molecule has 0 aromatic carbocycles. The molecule has 0 spiro atoms. The predicted molar refractivity (Wildman–Crippen MR) is 113 cm³/mol. The maximum atomic E-state index is 10.2. The number of aliphatic imine (C=N–C) groups is 1. The van der Waals surface area contributed by atoms with Gasteiger partial charge in [-0.3, -0.25) is 0 Å². The summed E-state index contributed by atoms with van der Waals surface area (Å²) in [6.07, 6.45) is 17.2. The van der Waals surface area contributed by atoms with Crippen LogP contribution < -0.4 is 0 Å². The van der Waals surface area contributed by atoms with Crippen LogP contribution in [0.4, 0.5) is 0 Å². The Labute approximate surface area is 162 Å². The minimum absolute atomic E-state index is 0.207. The summed E-state index contributed by atoms with van der Waals surface area (Å²) in [5, 5.41) is 10.2. The van der Waals surface area contributed by atoms with Gasteiger partial charge in [-0.2, -0.15) is 0 Å². The Balaban J connectivity index is 1.46. The van der Waals surface area contributed by atoms with E-state index >= 15 is 0 Å². The number of rotatable bonds is 11. The van der Waals surface area contributed by atoms with Gasteiger partial charge in [0.2, 0.25) is 0 Å². The van der Waals surface area contributed by atoms with Crippen LogP contribution in [0.5, 0.6) is 0 Å². The Hall–Kier alpha value is -2.49. The zero-order valence-corrected chi connectivity index (χ0v) is 16.3. The monoisotopic (exact) mass is 365 g/mol. The number of hydrogen-bond donors (Lipinski definition) is 3. The van der Waals surface area contributed by atoms with Crippen molar-refractivity contribution in [2.24, 2.45) is 4.99 Å². The molecule has 4 heteroatoms. The Morgan fingerprint density at radius 2 is 1.78 bits per heavy atom. The van der Waals surface area contributed by atoms with Gasteiger partial charge < -0.3 is 15.1 Å². The van der Waals surface area contributed by atoms with Crippen molar-refractivity contribution in [1.29, 1.82) is 0 Å². The molecule has 144 valence electrons. The zero-order chi connectivity index (χ0) is 18.9. The fraction of sp³-hybridized carbons (Fsp3) is 0.435. The van der Waals surface area contributed by atoms with E-state index in [1.54, 1.807) is 6.08 Å². The first-order valence-electron chi connectivity index (χ1n) is 10.3. The lowest BCUT2D eigenvalue weighted by Crippen LogP contribution is -1.92. The van der Waals surface area contributed by atoms with Gasteiger partial charge >= 0.3 is 0 Å². The third kappa shape index (κ3) is 5.75. The zero-order valence-electron chi connectivity index (χ0n) is 16.3. The largest absolute Gasteiger partial charge is 0.506 e. The van der Waals surface area contributed by atoms with Crippen molar-refractivity contribution in [3.63, 3.8) is 0 Å². The third-order valence-corrected chi connectivity index (χ3v) is 5.01. The van der Waals surface area contributed by atoms with Crippen LogP contribution in [0.3, 0.4) is 0 Å². The van der Waals surface area contributed by atoms with E-state index < -0.39 is 0 Å². The molecule has 2 aromatic heterocycles. The topological polar surface area (TPSA) is 64.2 Å². The van der Waals surface area contributed by atoms with Crippen LogP contribution in [0, 0.1) is 0 Å². The minimum Gasteiger partial charge on any atom is -0.506 e. The lowest BCUT2D eigenvalue weighted by atomic mass is 10.1. The standard InChI is InChI=1S/C23H31N3O/c1-2-3-4-5-6-7-8-9-11-18-13-14-19(25-18)16-22-23(27)17-21(26-22)20-12-10-15-24-20/h10,12-17,24-25,27H,2-9,11H2,1H3/b22-16+. The molecule has 27 heavy (non-hydrogen) atoms. The summed E-state index contributed by atoms with van der Waals surface area (Å²) in [6.45, 7) is 2.26. The van der Waals surface area contributed by atoms with Gasteiger partial charge in [0, 0.05) is 23.7 Å². The molecule has 4 nitrogen and oxygen atoms in total. The van der Waals surface area contributed by atoms with Gasteiger partial charge in [-0.05, 0) is 43.2 Å². The Kier molecular flexibility index (Phi) is 7.14. The number of unbranched alkanes of at least 4 members (excludes halogenated alkanes) is 7. The molecule has 2 aromatic rings. The molecule has 1 aliphatic heterocycles. The van der Waals surface area contributed by atoms with Crippen molar-refractivity contribution in [3.05, 3.63) is 65.1 Å². The smallest absolute Gasteiger partial charge is 0.143 e. The second kappa shape index (κ2) is 10.0. The Bertz CT molecular complexity index is 793. The molecule has 0 saturated carbocycles. The maximum Gasteiger partial charge on any atom is 0.143 e. The summed E-state index contributed by atoms with van der Waals surface area (Å²) in [5.74, 6) is 0.207. The van der Waals surface area contributed by atoms with E-state index in [-0.39, 0.29) is 5.76 Å². The number of aliphatic hydroxyl groups is 1. The van der Waals surface area contributed by atoms with E-state index in [1.165, 1.54) is 57.1 Å². The third-order valence-electron chi connectivity index (χ3n) is 5.01. The molecule has 0 aliphatic carbocycles. The number of nitrogens with one attached hydrogen (secondary N) is 2. The number of aryl methyl sites for hydroxylation is 1. The molecule has 0 radical (unpaired) electrons. The summed E-state index contributed by atoms with van der Waals surface area (Å²) < 4.78 is 0. The highest BCUT2D eigenvalue weighted by atomic mass is 16.3. The van der Waals surface area contributed by atoms with Crippen molar-refractivity contribution in [3.8, 4) is 0 Å². The number of nitrogens with zero attached hydrogens (tertiary/aromatic N) is 1. The number of aromatic amines is 2. The van der Waals surface area contributed by atoms with E-state index in [4.69, 9.17) is 0 Å². The van der Waals surface area contributed by atoms with Crippen molar-refractivity contribution in [1.82, 2.24) is 9.97 Å². The molecule has 3 N–H and O–H groups in total. The highest BCUT2D eigenvalue weighted by Gasteiger charge is 2.15. The van der Waals surface area contributed by atoms with Gasteiger partial charge in [0.1, 0.15) is 11.5 Å². The summed E-state index contributed by atoms with van der Waals surface area (Å²) in [5.41, 5.74) is 4.50. The first kappa shape index (κ1) is 19.3. The van der Waals surface area contributed by atoms with Gasteiger partial charge in [-0.25, -0.2) is 4.99 Å². The van der Waals surface area contributed by atoms with Crippen molar-refractivity contribution < 1.29 is 5.11 Å². The first-order chi connectivity index (χ1) is 13.3. The molecule has 1 aliphatic rings. The second-order valence-electron chi connectivity index (χ2n) is 7.30. The van der Waals surface area contributed by atoms with Gasteiger partial charge in [-0.15, -0.1) is 0 Å². The SMILES string of the molecule is CCCCCCCCCCc1ccc(/C=C2/N=C(c3ccc[nH]3)C=C2O)[nH]1. The van der Waals surface area contributed by atoms with Crippen molar-refractivity contribution in [2.75, 3.05) is 0 Å². The lowest BCUT2D eigenvalue weighted by Gasteiger charge is -2.01. The number of aromatic nitrogens is 2. The van der Waals surface area contributed by atoms with Gasteiger partial charge in [0.05, 0.1) is 11.4 Å². The van der Waals surface area contributed by atoms with Crippen LogP contribution in [0.25, 0.3) is 6.08 Å². The summed E-state index contributed by atoms with van der Waals surface area (Å²) >= 11 is 0. The normalized spacial score (nSPS) is 15.4. The Morgan fingerprint density at radius 1 is 1.00 bits per heavy atom. The minimum atomic E-state index is 0.207. The van der Waals surface area contributed by atoms with Gasteiger partial charge in [0.25, 0.3) is 0 Å². The van der Waals surface area contributed by atoms with E-state index in [0.29, 0.717) is 5.70 Å². The maximum absolute atomic E-state index is 10.2. The first-order valence-corrected chi connectivity index (χ1v) is 10.3. The van der Waals surface area contributed by atoms with E-state index in [9.17, 15) is 5.11 Å². The predicted octanol–water partition coefficient (Wildman–Crippen LogP) is 6.31. The highest BCUT2D eigenvalue weighted by molar-refractivity contribution is 6.10. The number of H-pyrrole nitrogens is 2. The van der Waals surface area contributed by atoms with Crippen molar-refractivity contribution in [2.45, 2.75) is 64.7 Å². The van der Waals surface area contributed by atoms with Crippen LogP contribution in [-0.4, -0.2) is 20.8 Å². The summed E-state index contributed by atoms with van der Waals surface area (Å²) in [6, 6.07) is 8.07. The van der Waals surface area contributed by atoms with Crippen LogP contribution in [-0.2, 0) is 6.42 Å². The molecule has 0 amide bonds. The van der Waals surface area contributed by atoms with E-state index in [2.05, 4.69) is 34.0 Å². The number of hydrogen-bond acceptors (Lipinski definition) is 2. The lowest BCUT2D eigenvalue weighted by molar-refractivity contribution is 0.426. The molecule has 0 atom stereocenters. The number of allylic oxidation sites excluding steroid dienone is 1. The van der Waals surface area contributed by atoms with E-state index in [1.807, 2.05) is 24.4 Å². The van der Waals surface area contributed by atoms with Crippen LogP contribution in [0.2, 0.25) is 0 Å². The summed E-state index contributed by atoms with van der Waals surface area (Å²) in [4.78, 5) is 11.1. The molecule has 0 bridgehead atoms. The Morgan fingerprint density at radius 3 is 2.52 bits per heavy atom. The number of aliphatic hydroxyl groups excluding tert-OH is 1. The average Bonchev–Trinajstić information content (AvgIpc) is 3.40.